The molecule has 4 aromatic rings. The van der Waals surface area contributed by atoms with E-state index in [4.69, 9.17) is 4.74 Å². The van der Waals surface area contributed by atoms with E-state index in [-0.39, 0.29) is 6.42 Å². The largest absolute Gasteiger partial charge is 0.457 e. The number of carbonyl (C=O) groups excluding carboxylic acids is 2. The number of hydrogen-bond acceptors (Lipinski definition) is 6. The number of aryl methyl sites for hydroxylation is 1. The third kappa shape index (κ3) is 6.45. The SMILES string of the molecule is O=C(CCc1cccc(Oc2ccc3ccccc3c2)c1)[C@H](O)[C@@H](O)C(=O)N1CCN(c2ccccc2)CC1. The van der Waals surface area contributed by atoms with Gasteiger partial charge in [-0.05, 0) is 59.2 Å². The molecule has 1 saturated heterocycles. The number of ketones is 1. The van der Waals surface area contributed by atoms with E-state index >= 15 is 0 Å². The van der Waals surface area contributed by atoms with E-state index in [0.717, 1.165) is 22.0 Å². The molecule has 0 unspecified atom stereocenters. The van der Waals surface area contributed by atoms with Crippen molar-refractivity contribution in [3.05, 3.63) is 103 Å². The summed E-state index contributed by atoms with van der Waals surface area (Å²) in [5, 5.41) is 23.1. The van der Waals surface area contributed by atoms with Gasteiger partial charge in [-0.2, -0.15) is 0 Å². The number of ether oxygens (including phenoxy) is 1. The molecule has 200 valence electrons. The Kier molecular flexibility index (Phi) is 8.20. The fourth-order valence-corrected chi connectivity index (χ4v) is 4.87. The lowest BCUT2D eigenvalue weighted by Crippen LogP contribution is -2.54. The van der Waals surface area contributed by atoms with Crippen LogP contribution in [0, 0.1) is 0 Å². The third-order valence-electron chi connectivity index (χ3n) is 7.11. The van der Waals surface area contributed by atoms with Crippen LogP contribution in [0.1, 0.15) is 12.0 Å². The second-order valence-corrected chi connectivity index (χ2v) is 9.76. The predicted molar refractivity (Wildman–Crippen MR) is 151 cm³/mol. The minimum absolute atomic E-state index is 0.00722. The first-order valence-electron chi connectivity index (χ1n) is 13.2. The highest BCUT2D eigenvalue weighted by Gasteiger charge is 2.34. The first kappa shape index (κ1) is 26.4. The molecule has 5 rings (SSSR count). The number of carbonyl (C=O) groups is 2. The highest BCUT2D eigenvalue weighted by molar-refractivity contribution is 5.92. The van der Waals surface area contributed by atoms with Crippen molar-refractivity contribution in [1.82, 2.24) is 4.90 Å². The molecular weight excluding hydrogens is 492 g/mol. The van der Waals surface area contributed by atoms with Gasteiger partial charge in [0, 0.05) is 38.3 Å². The number of aliphatic hydroxyl groups excluding tert-OH is 2. The van der Waals surface area contributed by atoms with Gasteiger partial charge in [-0.3, -0.25) is 9.59 Å². The first-order chi connectivity index (χ1) is 19.0. The van der Waals surface area contributed by atoms with Crippen molar-refractivity contribution in [3.63, 3.8) is 0 Å². The van der Waals surface area contributed by atoms with Crippen LogP contribution in [0.5, 0.6) is 11.5 Å². The van der Waals surface area contributed by atoms with E-state index < -0.39 is 23.9 Å². The topological polar surface area (TPSA) is 90.3 Å². The van der Waals surface area contributed by atoms with E-state index in [1.807, 2.05) is 97.1 Å². The fourth-order valence-electron chi connectivity index (χ4n) is 4.87. The monoisotopic (exact) mass is 524 g/mol. The maximum absolute atomic E-state index is 12.8. The van der Waals surface area contributed by atoms with Gasteiger partial charge in [-0.25, -0.2) is 0 Å². The van der Waals surface area contributed by atoms with Crippen LogP contribution < -0.4 is 9.64 Å². The molecule has 7 heteroatoms. The van der Waals surface area contributed by atoms with Crippen LogP contribution in [0.3, 0.4) is 0 Å². The van der Waals surface area contributed by atoms with Crippen molar-refractivity contribution >= 4 is 28.2 Å². The summed E-state index contributed by atoms with van der Waals surface area (Å²) >= 11 is 0. The van der Waals surface area contributed by atoms with E-state index in [1.54, 1.807) is 0 Å². The lowest BCUT2D eigenvalue weighted by Gasteiger charge is -2.37. The Morgan fingerprint density at radius 2 is 1.41 bits per heavy atom. The number of rotatable bonds is 9. The van der Waals surface area contributed by atoms with Gasteiger partial charge in [-0.15, -0.1) is 0 Å². The molecule has 7 nitrogen and oxygen atoms in total. The van der Waals surface area contributed by atoms with Crippen molar-refractivity contribution in [2.24, 2.45) is 0 Å². The highest BCUT2D eigenvalue weighted by atomic mass is 16.5. The van der Waals surface area contributed by atoms with Gasteiger partial charge in [0.2, 0.25) is 0 Å². The van der Waals surface area contributed by atoms with Crippen molar-refractivity contribution in [2.45, 2.75) is 25.0 Å². The molecule has 1 aliphatic rings. The van der Waals surface area contributed by atoms with Crippen LogP contribution in [0.15, 0.2) is 97.1 Å². The van der Waals surface area contributed by atoms with E-state index in [9.17, 15) is 19.8 Å². The molecule has 0 radical (unpaired) electrons. The quantitative estimate of drug-likeness (QED) is 0.341. The predicted octanol–water partition coefficient (Wildman–Crippen LogP) is 4.20. The summed E-state index contributed by atoms with van der Waals surface area (Å²) in [6, 6.07) is 31.3. The minimum atomic E-state index is -1.77. The zero-order valence-electron chi connectivity index (χ0n) is 21.6. The summed E-state index contributed by atoms with van der Waals surface area (Å²) in [6.45, 7) is 2.06. The molecule has 0 bridgehead atoms. The summed E-state index contributed by atoms with van der Waals surface area (Å²) in [5.41, 5.74) is 1.93. The smallest absolute Gasteiger partial charge is 0.254 e. The molecule has 2 N–H and O–H groups in total. The third-order valence-corrected chi connectivity index (χ3v) is 7.11. The minimum Gasteiger partial charge on any atom is -0.457 e. The number of Topliss-reactive ketones (excluding diaryl/α,β-unsaturated/α-hetero) is 1. The van der Waals surface area contributed by atoms with Gasteiger partial charge in [0.25, 0.3) is 5.91 Å². The molecule has 39 heavy (non-hydrogen) atoms. The van der Waals surface area contributed by atoms with Crippen LogP contribution in [-0.2, 0) is 16.0 Å². The van der Waals surface area contributed by atoms with Crippen molar-refractivity contribution < 1.29 is 24.5 Å². The van der Waals surface area contributed by atoms with Crippen LogP contribution in [0.4, 0.5) is 5.69 Å². The summed E-state index contributed by atoms with van der Waals surface area (Å²) in [4.78, 5) is 29.1. The van der Waals surface area contributed by atoms with Crippen LogP contribution in [0.2, 0.25) is 0 Å². The summed E-state index contributed by atoms with van der Waals surface area (Å²) in [5.74, 6) is 0.165. The van der Waals surface area contributed by atoms with Crippen LogP contribution in [0.25, 0.3) is 10.8 Å². The number of anilines is 1. The summed E-state index contributed by atoms with van der Waals surface area (Å²) in [6.07, 6.45) is -3.20. The summed E-state index contributed by atoms with van der Waals surface area (Å²) in [7, 11) is 0. The molecule has 0 spiro atoms. The summed E-state index contributed by atoms with van der Waals surface area (Å²) < 4.78 is 6.03. The number of aliphatic hydroxyl groups is 2. The Hall–Kier alpha value is -4.20. The zero-order chi connectivity index (χ0) is 27.2. The molecular formula is C32H32N2O5. The van der Waals surface area contributed by atoms with Gasteiger partial charge >= 0.3 is 0 Å². The lowest BCUT2D eigenvalue weighted by atomic mass is 10.0. The number of benzene rings is 4. The molecule has 1 aliphatic heterocycles. The van der Waals surface area contributed by atoms with Gasteiger partial charge in [-0.1, -0.05) is 60.7 Å². The second kappa shape index (κ2) is 12.1. The fraction of sp³-hybridized carbons (Fsp3) is 0.250. The van der Waals surface area contributed by atoms with Gasteiger partial charge in [0.15, 0.2) is 11.9 Å². The standard InChI is InChI=1S/C32H32N2O5/c35-29(30(36)31(37)32(38)34-19-17-33(18-20-34)26-10-2-1-3-11-26)16-13-23-7-6-12-27(21-23)39-28-15-14-24-8-4-5-9-25(24)22-28/h1-12,14-15,21-22,30-31,36-37H,13,16-20H2/t30-,31+/m0/s1. The second-order valence-electron chi connectivity index (χ2n) is 9.76. The molecule has 1 amide bonds. The maximum atomic E-state index is 12.8. The van der Waals surface area contributed by atoms with Crippen molar-refractivity contribution in [2.75, 3.05) is 31.1 Å². The van der Waals surface area contributed by atoms with E-state index in [2.05, 4.69) is 4.90 Å². The van der Waals surface area contributed by atoms with Gasteiger partial charge in [0.1, 0.15) is 17.6 Å². The first-order valence-corrected chi connectivity index (χ1v) is 13.2. The Labute approximate surface area is 227 Å². The average Bonchev–Trinajstić information content (AvgIpc) is 2.99. The number of amides is 1. The number of fused-ring (bicyclic) bond motifs is 1. The normalized spacial score (nSPS) is 15.1. The van der Waals surface area contributed by atoms with E-state index in [1.165, 1.54) is 4.90 Å². The highest BCUT2D eigenvalue weighted by Crippen LogP contribution is 2.26. The molecule has 0 aliphatic carbocycles. The number of nitrogens with zero attached hydrogens (tertiary/aromatic N) is 2. The van der Waals surface area contributed by atoms with Gasteiger partial charge < -0.3 is 24.7 Å². The van der Waals surface area contributed by atoms with Crippen molar-refractivity contribution in [3.8, 4) is 11.5 Å². The molecule has 0 aromatic heterocycles. The lowest BCUT2D eigenvalue weighted by molar-refractivity contribution is -0.152. The Balaban J connectivity index is 1.12. The average molecular weight is 525 g/mol. The van der Waals surface area contributed by atoms with E-state index in [0.29, 0.717) is 44.1 Å². The molecule has 1 heterocycles. The Bertz CT molecular complexity index is 1430. The van der Waals surface area contributed by atoms with Crippen molar-refractivity contribution in [1.29, 1.82) is 0 Å². The molecule has 0 saturated carbocycles. The molecule has 2 atom stereocenters. The Morgan fingerprint density at radius 1 is 0.718 bits per heavy atom. The molecule has 4 aromatic carbocycles. The zero-order valence-corrected chi connectivity index (χ0v) is 21.6. The Morgan fingerprint density at radius 3 is 2.18 bits per heavy atom. The number of hydrogen-bond donors (Lipinski definition) is 2. The van der Waals surface area contributed by atoms with Crippen LogP contribution in [-0.4, -0.2) is 65.2 Å². The number of piperazine rings is 1. The van der Waals surface area contributed by atoms with Crippen LogP contribution >= 0.6 is 0 Å². The van der Waals surface area contributed by atoms with Gasteiger partial charge in [0.05, 0.1) is 0 Å². The number of para-hydroxylation sites is 1. The maximum Gasteiger partial charge on any atom is 0.254 e. The molecule has 1 fully saturated rings.